The van der Waals surface area contributed by atoms with E-state index in [0.717, 1.165) is 25.9 Å². The Morgan fingerprint density at radius 3 is 2.47 bits per heavy atom. The molecule has 19 heavy (non-hydrogen) atoms. The van der Waals surface area contributed by atoms with Crippen LogP contribution in [-0.4, -0.2) is 49.7 Å². The molecule has 1 aliphatic rings. The van der Waals surface area contributed by atoms with Crippen LogP contribution in [0.1, 0.15) is 33.1 Å². The second kappa shape index (κ2) is 7.52. The summed E-state index contributed by atoms with van der Waals surface area (Å²) >= 11 is 4.88. The van der Waals surface area contributed by atoms with E-state index in [9.17, 15) is 8.42 Å². The van der Waals surface area contributed by atoms with E-state index >= 15 is 0 Å². The molecule has 1 rings (SSSR count). The number of hydrogen-bond donors (Lipinski definition) is 2. The van der Waals surface area contributed by atoms with Crippen molar-refractivity contribution >= 4 is 27.2 Å². The SMILES string of the molecule is CC(C)CCS(=O)(=O)NC1CCN(CC(N)=S)CC1. The van der Waals surface area contributed by atoms with Gasteiger partial charge in [-0.1, -0.05) is 26.1 Å². The Balaban J connectivity index is 2.34. The lowest BCUT2D eigenvalue weighted by atomic mass is 10.1. The van der Waals surface area contributed by atoms with E-state index in [4.69, 9.17) is 18.0 Å². The van der Waals surface area contributed by atoms with E-state index in [0.29, 0.717) is 23.9 Å². The zero-order chi connectivity index (χ0) is 14.5. The second-order valence-corrected chi connectivity index (χ2v) is 8.03. The molecule has 1 heterocycles. The van der Waals surface area contributed by atoms with Crippen LogP contribution in [0.4, 0.5) is 0 Å². The Morgan fingerprint density at radius 2 is 2.00 bits per heavy atom. The molecule has 1 saturated heterocycles. The normalized spacial score (nSPS) is 18.9. The van der Waals surface area contributed by atoms with Gasteiger partial charge in [0.1, 0.15) is 0 Å². The fraction of sp³-hybridized carbons (Fsp3) is 0.917. The van der Waals surface area contributed by atoms with Crippen molar-refractivity contribution in [2.45, 2.75) is 39.2 Å². The summed E-state index contributed by atoms with van der Waals surface area (Å²) in [5.74, 6) is 0.626. The second-order valence-electron chi connectivity index (χ2n) is 5.64. The molecule has 1 aliphatic heterocycles. The third-order valence-corrected chi connectivity index (χ3v) is 4.87. The molecule has 3 N–H and O–H groups in total. The minimum absolute atomic E-state index is 0.0553. The van der Waals surface area contributed by atoms with E-state index in [1.165, 1.54) is 0 Å². The first kappa shape index (κ1) is 16.8. The minimum Gasteiger partial charge on any atom is -0.392 e. The van der Waals surface area contributed by atoms with Crippen LogP contribution in [0.2, 0.25) is 0 Å². The van der Waals surface area contributed by atoms with Crippen molar-refractivity contribution in [1.29, 1.82) is 0 Å². The zero-order valence-corrected chi connectivity index (χ0v) is 13.4. The van der Waals surface area contributed by atoms with Crippen LogP contribution in [-0.2, 0) is 10.0 Å². The molecule has 0 aromatic rings. The highest BCUT2D eigenvalue weighted by Gasteiger charge is 2.23. The van der Waals surface area contributed by atoms with Gasteiger partial charge in [-0.3, -0.25) is 4.90 Å². The first-order valence-corrected chi connectivity index (χ1v) is 8.85. The fourth-order valence-electron chi connectivity index (χ4n) is 2.13. The molecule has 0 saturated carbocycles. The number of piperidine rings is 1. The monoisotopic (exact) mass is 307 g/mol. The number of nitrogens with zero attached hydrogens (tertiary/aromatic N) is 1. The minimum atomic E-state index is -3.14. The number of likely N-dealkylation sites (tertiary alicyclic amines) is 1. The standard InChI is InChI=1S/C12H25N3O2S2/c1-10(2)5-8-19(16,17)14-11-3-6-15(7-4-11)9-12(13)18/h10-11,14H,3-9H2,1-2H3,(H2,13,18). The van der Waals surface area contributed by atoms with E-state index < -0.39 is 10.0 Å². The van der Waals surface area contributed by atoms with E-state index in [2.05, 4.69) is 9.62 Å². The van der Waals surface area contributed by atoms with Crippen LogP contribution in [0.15, 0.2) is 0 Å². The van der Waals surface area contributed by atoms with E-state index in [-0.39, 0.29) is 11.8 Å². The number of rotatable bonds is 7. The molecule has 0 bridgehead atoms. The van der Waals surface area contributed by atoms with Gasteiger partial charge in [-0.2, -0.15) is 0 Å². The van der Waals surface area contributed by atoms with Crippen molar-refractivity contribution in [2.75, 3.05) is 25.4 Å². The maximum atomic E-state index is 11.9. The van der Waals surface area contributed by atoms with Gasteiger partial charge in [0, 0.05) is 25.7 Å². The largest absolute Gasteiger partial charge is 0.392 e. The van der Waals surface area contributed by atoms with Crippen molar-refractivity contribution in [2.24, 2.45) is 11.7 Å². The third kappa shape index (κ3) is 7.20. The predicted octanol–water partition coefficient (Wildman–Crippen LogP) is 0.702. The average Bonchev–Trinajstić information content (AvgIpc) is 2.28. The lowest BCUT2D eigenvalue weighted by Crippen LogP contribution is -2.46. The first-order valence-electron chi connectivity index (χ1n) is 6.79. The topological polar surface area (TPSA) is 75.4 Å². The molecule has 0 unspecified atom stereocenters. The van der Waals surface area contributed by atoms with Crippen molar-refractivity contribution in [3.8, 4) is 0 Å². The van der Waals surface area contributed by atoms with Gasteiger partial charge < -0.3 is 5.73 Å². The molecule has 0 spiro atoms. The van der Waals surface area contributed by atoms with Gasteiger partial charge in [-0.05, 0) is 25.2 Å². The Bertz CT molecular complexity index is 388. The van der Waals surface area contributed by atoms with Gasteiger partial charge in [0.2, 0.25) is 10.0 Å². The molecular formula is C12H25N3O2S2. The summed E-state index contributed by atoms with van der Waals surface area (Å²) in [4.78, 5) is 2.66. The summed E-state index contributed by atoms with van der Waals surface area (Å²) < 4.78 is 26.6. The Labute approximate surface area is 122 Å². The van der Waals surface area contributed by atoms with Crippen LogP contribution in [0.5, 0.6) is 0 Å². The van der Waals surface area contributed by atoms with Crippen LogP contribution in [0.25, 0.3) is 0 Å². The van der Waals surface area contributed by atoms with Crippen molar-refractivity contribution in [3.63, 3.8) is 0 Å². The molecule has 0 amide bonds. The smallest absolute Gasteiger partial charge is 0.211 e. The maximum absolute atomic E-state index is 11.9. The number of nitrogens with two attached hydrogens (primary N) is 1. The highest BCUT2D eigenvalue weighted by atomic mass is 32.2. The van der Waals surface area contributed by atoms with E-state index in [1.54, 1.807) is 0 Å². The molecular weight excluding hydrogens is 282 g/mol. The van der Waals surface area contributed by atoms with Crippen LogP contribution < -0.4 is 10.5 Å². The molecule has 0 aromatic carbocycles. The first-order chi connectivity index (χ1) is 8.78. The third-order valence-electron chi connectivity index (χ3n) is 3.28. The van der Waals surface area contributed by atoms with Gasteiger partial charge >= 0.3 is 0 Å². The van der Waals surface area contributed by atoms with Crippen molar-refractivity contribution in [3.05, 3.63) is 0 Å². The summed E-state index contributed by atoms with van der Waals surface area (Å²) in [5.41, 5.74) is 5.51. The summed E-state index contributed by atoms with van der Waals surface area (Å²) in [5, 5.41) is 0. The lowest BCUT2D eigenvalue weighted by molar-refractivity contribution is 0.232. The highest BCUT2D eigenvalue weighted by molar-refractivity contribution is 7.89. The number of hydrogen-bond acceptors (Lipinski definition) is 4. The Kier molecular flexibility index (Phi) is 6.65. The fourth-order valence-corrected chi connectivity index (χ4v) is 3.96. The van der Waals surface area contributed by atoms with E-state index in [1.807, 2.05) is 13.8 Å². The van der Waals surface area contributed by atoms with Gasteiger partial charge in [0.05, 0.1) is 10.7 Å². The molecule has 112 valence electrons. The quantitative estimate of drug-likeness (QED) is 0.677. The summed E-state index contributed by atoms with van der Waals surface area (Å²) in [7, 11) is -3.14. The molecule has 0 atom stereocenters. The maximum Gasteiger partial charge on any atom is 0.211 e. The Morgan fingerprint density at radius 1 is 1.42 bits per heavy atom. The van der Waals surface area contributed by atoms with Gasteiger partial charge in [0.15, 0.2) is 0 Å². The molecule has 7 heteroatoms. The van der Waals surface area contributed by atoms with Gasteiger partial charge in [-0.25, -0.2) is 13.1 Å². The van der Waals surface area contributed by atoms with Crippen molar-refractivity contribution in [1.82, 2.24) is 9.62 Å². The number of thiocarbonyl (C=S) groups is 1. The predicted molar refractivity (Wildman–Crippen MR) is 82.6 cm³/mol. The van der Waals surface area contributed by atoms with Crippen LogP contribution >= 0.6 is 12.2 Å². The summed E-state index contributed by atoms with van der Waals surface area (Å²) in [6.45, 7) is 6.37. The van der Waals surface area contributed by atoms with Crippen LogP contribution in [0, 0.1) is 5.92 Å². The summed E-state index contributed by atoms with van der Waals surface area (Å²) in [6, 6.07) is 0.0553. The van der Waals surface area contributed by atoms with Crippen LogP contribution in [0.3, 0.4) is 0 Å². The Hall–Kier alpha value is -0.240. The van der Waals surface area contributed by atoms with Gasteiger partial charge in [-0.15, -0.1) is 0 Å². The molecule has 0 aromatic heterocycles. The number of sulfonamides is 1. The van der Waals surface area contributed by atoms with Gasteiger partial charge in [0.25, 0.3) is 0 Å². The lowest BCUT2D eigenvalue weighted by Gasteiger charge is -2.31. The molecule has 5 nitrogen and oxygen atoms in total. The molecule has 0 aliphatic carbocycles. The highest BCUT2D eigenvalue weighted by Crippen LogP contribution is 2.12. The van der Waals surface area contributed by atoms with Crippen molar-refractivity contribution < 1.29 is 8.42 Å². The molecule has 1 fully saturated rings. The summed E-state index contributed by atoms with van der Waals surface area (Å²) in [6.07, 6.45) is 2.35. The zero-order valence-electron chi connectivity index (χ0n) is 11.8. The number of nitrogens with one attached hydrogen (secondary N) is 1. The average molecular weight is 307 g/mol. The molecule has 0 radical (unpaired) electrons.